The summed E-state index contributed by atoms with van der Waals surface area (Å²) in [6, 6.07) is 0. The Hall–Kier alpha value is -1.64. The number of morpholine rings is 1. The van der Waals surface area contributed by atoms with Crippen molar-refractivity contribution in [3.8, 4) is 11.5 Å². The van der Waals surface area contributed by atoms with Crippen molar-refractivity contribution >= 4 is 12.2 Å². The molecule has 112 valence electrons. The topological polar surface area (TPSA) is 61.0 Å². The van der Waals surface area contributed by atoms with Crippen molar-refractivity contribution in [2.24, 2.45) is 7.05 Å². The predicted molar refractivity (Wildman–Crippen MR) is 80.3 cm³/mol. The molecular weight excluding hydrogens is 288 g/mol. The Labute approximate surface area is 128 Å². The number of nitrogens with zero attached hydrogens (tertiary/aromatic N) is 6. The number of aromatic nitrogens is 5. The second-order valence-electron chi connectivity index (χ2n) is 4.93. The van der Waals surface area contributed by atoms with Crippen LogP contribution in [0, 0.1) is 4.77 Å². The number of ether oxygens (including phenoxy) is 1. The third kappa shape index (κ3) is 3.17. The lowest BCUT2D eigenvalue weighted by molar-refractivity contribution is 0.0364. The first kappa shape index (κ1) is 14.3. The highest BCUT2D eigenvalue weighted by atomic mass is 32.1. The van der Waals surface area contributed by atoms with Gasteiger partial charge in [0.05, 0.1) is 19.4 Å². The molecule has 0 aliphatic carbocycles. The Balaban J connectivity index is 1.82. The summed E-state index contributed by atoms with van der Waals surface area (Å²) >= 11 is 5.45. The summed E-state index contributed by atoms with van der Waals surface area (Å²) in [7, 11) is 1.85. The van der Waals surface area contributed by atoms with Crippen LogP contribution in [0.1, 0.15) is 0 Å². The molecule has 0 amide bonds. The van der Waals surface area contributed by atoms with Crippen molar-refractivity contribution in [1.82, 2.24) is 29.2 Å². The average Bonchev–Trinajstić information content (AvgIpc) is 2.82. The van der Waals surface area contributed by atoms with Gasteiger partial charge >= 0.3 is 0 Å². The first-order chi connectivity index (χ1) is 10.3. The molecule has 7 nitrogen and oxygen atoms in total. The van der Waals surface area contributed by atoms with E-state index in [-0.39, 0.29) is 0 Å². The van der Waals surface area contributed by atoms with Gasteiger partial charge in [0.25, 0.3) is 0 Å². The summed E-state index contributed by atoms with van der Waals surface area (Å²) in [5, 5.41) is 4.47. The summed E-state index contributed by atoms with van der Waals surface area (Å²) in [5.41, 5.74) is 0.742. The van der Waals surface area contributed by atoms with Crippen molar-refractivity contribution < 1.29 is 4.74 Å². The van der Waals surface area contributed by atoms with Crippen LogP contribution in [0.3, 0.4) is 0 Å². The lowest BCUT2D eigenvalue weighted by Gasteiger charge is -2.26. The standard InChI is InChI=1S/C13H18N6OS/c1-17-13(21)19(5-4-18-6-8-20-9-7-18)12(16-17)11-10-14-2-3-15-11/h2-3,10H,4-9H2,1H3. The predicted octanol–water partition coefficient (Wildman–Crippen LogP) is 0.740. The van der Waals surface area contributed by atoms with E-state index in [0.717, 1.165) is 50.9 Å². The largest absolute Gasteiger partial charge is 0.379 e. The Morgan fingerprint density at radius 2 is 2.05 bits per heavy atom. The quantitative estimate of drug-likeness (QED) is 0.777. The Morgan fingerprint density at radius 3 is 2.76 bits per heavy atom. The molecule has 3 rings (SSSR count). The van der Waals surface area contributed by atoms with Crippen LogP contribution in [0.5, 0.6) is 0 Å². The first-order valence-electron chi connectivity index (χ1n) is 6.96. The highest BCUT2D eigenvalue weighted by molar-refractivity contribution is 7.71. The minimum absolute atomic E-state index is 0.698. The molecule has 8 heteroatoms. The van der Waals surface area contributed by atoms with Crippen molar-refractivity contribution in [3.63, 3.8) is 0 Å². The van der Waals surface area contributed by atoms with Crippen LogP contribution < -0.4 is 0 Å². The first-order valence-corrected chi connectivity index (χ1v) is 7.37. The van der Waals surface area contributed by atoms with Crippen LogP contribution in [-0.4, -0.2) is 62.1 Å². The van der Waals surface area contributed by atoms with Crippen LogP contribution in [-0.2, 0) is 18.3 Å². The van der Waals surface area contributed by atoms with Crippen molar-refractivity contribution in [2.75, 3.05) is 32.8 Å². The number of hydrogen-bond donors (Lipinski definition) is 0. The monoisotopic (exact) mass is 306 g/mol. The highest BCUT2D eigenvalue weighted by Crippen LogP contribution is 2.14. The van der Waals surface area contributed by atoms with E-state index in [1.807, 2.05) is 11.6 Å². The molecule has 0 bridgehead atoms. The van der Waals surface area contributed by atoms with Crippen LogP contribution >= 0.6 is 12.2 Å². The maximum atomic E-state index is 5.45. The second kappa shape index (κ2) is 6.42. The maximum Gasteiger partial charge on any atom is 0.197 e. The lowest BCUT2D eigenvalue weighted by atomic mass is 10.4. The molecule has 0 saturated carbocycles. The van der Waals surface area contributed by atoms with E-state index in [9.17, 15) is 0 Å². The third-order valence-corrected chi connectivity index (χ3v) is 4.03. The van der Waals surface area contributed by atoms with Gasteiger partial charge in [0.1, 0.15) is 5.69 Å². The van der Waals surface area contributed by atoms with Gasteiger partial charge in [-0.15, -0.1) is 0 Å². The Bertz CT molecular complexity index is 646. The van der Waals surface area contributed by atoms with E-state index < -0.39 is 0 Å². The molecule has 1 saturated heterocycles. The van der Waals surface area contributed by atoms with E-state index >= 15 is 0 Å². The van der Waals surface area contributed by atoms with Crippen LogP contribution in [0.25, 0.3) is 11.5 Å². The molecule has 2 aromatic heterocycles. The van der Waals surface area contributed by atoms with Crippen molar-refractivity contribution in [2.45, 2.75) is 6.54 Å². The molecular formula is C13H18N6OS. The number of aryl methyl sites for hydroxylation is 1. The van der Waals surface area contributed by atoms with Gasteiger partial charge in [-0.1, -0.05) is 0 Å². The molecule has 0 aromatic carbocycles. The van der Waals surface area contributed by atoms with E-state index in [1.165, 1.54) is 0 Å². The molecule has 0 unspecified atom stereocenters. The maximum absolute atomic E-state index is 5.45. The van der Waals surface area contributed by atoms with Gasteiger partial charge in [-0.05, 0) is 12.2 Å². The van der Waals surface area contributed by atoms with Crippen LogP contribution in [0.15, 0.2) is 18.6 Å². The van der Waals surface area contributed by atoms with E-state index in [4.69, 9.17) is 17.0 Å². The zero-order chi connectivity index (χ0) is 14.7. The van der Waals surface area contributed by atoms with Gasteiger partial charge in [-0.25, -0.2) is 9.67 Å². The van der Waals surface area contributed by atoms with Crippen LogP contribution in [0.4, 0.5) is 0 Å². The minimum atomic E-state index is 0.698. The Kier molecular flexibility index (Phi) is 4.37. The number of hydrogen-bond acceptors (Lipinski definition) is 6. The molecule has 1 fully saturated rings. The van der Waals surface area contributed by atoms with Gasteiger partial charge in [0.15, 0.2) is 10.6 Å². The molecule has 0 N–H and O–H groups in total. The SMILES string of the molecule is Cn1nc(-c2cnccn2)n(CCN2CCOCC2)c1=S. The normalized spacial score (nSPS) is 16.2. The zero-order valence-electron chi connectivity index (χ0n) is 12.0. The molecule has 2 aromatic rings. The fraction of sp³-hybridized carbons (Fsp3) is 0.538. The van der Waals surface area contributed by atoms with Crippen molar-refractivity contribution in [1.29, 1.82) is 0 Å². The third-order valence-electron chi connectivity index (χ3n) is 3.54. The van der Waals surface area contributed by atoms with Gasteiger partial charge < -0.3 is 4.74 Å². The molecule has 0 radical (unpaired) electrons. The summed E-state index contributed by atoms with van der Waals surface area (Å²) < 4.78 is 9.80. The highest BCUT2D eigenvalue weighted by Gasteiger charge is 2.15. The van der Waals surface area contributed by atoms with Gasteiger partial charge in [-0.2, -0.15) is 5.10 Å². The van der Waals surface area contributed by atoms with Gasteiger partial charge in [0, 0.05) is 45.6 Å². The molecule has 1 aliphatic rings. The molecule has 3 heterocycles. The zero-order valence-corrected chi connectivity index (χ0v) is 12.8. The molecule has 1 aliphatic heterocycles. The van der Waals surface area contributed by atoms with E-state index in [1.54, 1.807) is 23.3 Å². The molecule has 21 heavy (non-hydrogen) atoms. The van der Waals surface area contributed by atoms with E-state index in [0.29, 0.717) is 4.77 Å². The summed E-state index contributed by atoms with van der Waals surface area (Å²) in [4.78, 5) is 10.8. The van der Waals surface area contributed by atoms with E-state index in [2.05, 4.69) is 20.0 Å². The fourth-order valence-corrected chi connectivity index (χ4v) is 2.59. The molecule has 0 spiro atoms. The Morgan fingerprint density at radius 1 is 1.24 bits per heavy atom. The smallest absolute Gasteiger partial charge is 0.197 e. The molecule has 0 atom stereocenters. The van der Waals surface area contributed by atoms with Crippen molar-refractivity contribution in [3.05, 3.63) is 23.4 Å². The summed E-state index contributed by atoms with van der Waals surface area (Å²) in [6.45, 7) is 5.25. The van der Waals surface area contributed by atoms with Crippen LogP contribution in [0.2, 0.25) is 0 Å². The summed E-state index contributed by atoms with van der Waals surface area (Å²) in [5.74, 6) is 0.767. The van der Waals surface area contributed by atoms with Gasteiger partial charge in [0.2, 0.25) is 0 Å². The lowest BCUT2D eigenvalue weighted by Crippen LogP contribution is -2.38. The second-order valence-corrected chi connectivity index (χ2v) is 5.29. The van der Waals surface area contributed by atoms with Gasteiger partial charge in [-0.3, -0.25) is 14.5 Å². The summed E-state index contributed by atoms with van der Waals surface area (Å²) in [6.07, 6.45) is 5.03. The minimum Gasteiger partial charge on any atom is -0.379 e. The average molecular weight is 306 g/mol. The fourth-order valence-electron chi connectivity index (χ4n) is 2.38. The number of rotatable bonds is 4.